The minimum atomic E-state index is 0.464. The zero-order valence-electron chi connectivity index (χ0n) is 12.6. The van der Waals surface area contributed by atoms with Gasteiger partial charge in [-0.2, -0.15) is 0 Å². The average molecular weight is 304 g/mol. The third-order valence-corrected chi connectivity index (χ3v) is 3.88. The SMILES string of the molecule is COc1ccc(CNC(C)CCc2ccccc2)cc1Cl. The molecule has 2 nitrogen and oxygen atoms in total. The van der Waals surface area contributed by atoms with E-state index in [1.165, 1.54) is 11.1 Å². The number of ether oxygens (including phenoxy) is 1. The Morgan fingerprint density at radius 2 is 1.86 bits per heavy atom. The van der Waals surface area contributed by atoms with Crippen molar-refractivity contribution in [3.05, 3.63) is 64.7 Å². The molecule has 0 aliphatic rings. The fraction of sp³-hybridized carbons (Fsp3) is 0.333. The van der Waals surface area contributed by atoms with Crippen molar-refractivity contribution < 1.29 is 4.74 Å². The van der Waals surface area contributed by atoms with Crippen LogP contribution >= 0.6 is 11.6 Å². The first-order valence-corrected chi connectivity index (χ1v) is 7.66. The molecule has 0 amide bonds. The van der Waals surface area contributed by atoms with Crippen molar-refractivity contribution in [2.75, 3.05) is 7.11 Å². The summed E-state index contributed by atoms with van der Waals surface area (Å²) < 4.78 is 5.16. The smallest absolute Gasteiger partial charge is 0.137 e. The molecule has 0 aliphatic carbocycles. The maximum absolute atomic E-state index is 6.13. The fourth-order valence-electron chi connectivity index (χ4n) is 2.24. The Morgan fingerprint density at radius 3 is 2.52 bits per heavy atom. The second-order valence-corrected chi connectivity index (χ2v) is 5.68. The molecule has 0 radical (unpaired) electrons. The highest BCUT2D eigenvalue weighted by Gasteiger charge is 2.05. The number of hydrogen-bond donors (Lipinski definition) is 1. The number of methoxy groups -OCH3 is 1. The van der Waals surface area contributed by atoms with E-state index in [1.807, 2.05) is 18.2 Å². The van der Waals surface area contributed by atoms with Gasteiger partial charge in [0.2, 0.25) is 0 Å². The summed E-state index contributed by atoms with van der Waals surface area (Å²) in [6, 6.07) is 17.0. The predicted molar refractivity (Wildman–Crippen MR) is 89.1 cm³/mol. The molecule has 0 bridgehead atoms. The minimum absolute atomic E-state index is 0.464. The van der Waals surface area contributed by atoms with E-state index in [2.05, 4.69) is 42.6 Å². The van der Waals surface area contributed by atoms with Gasteiger partial charge in [0.15, 0.2) is 0 Å². The van der Waals surface area contributed by atoms with Crippen LogP contribution in [0.4, 0.5) is 0 Å². The van der Waals surface area contributed by atoms with Crippen LogP contribution in [0.5, 0.6) is 5.75 Å². The van der Waals surface area contributed by atoms with Crippen LogP contribution in [-0.4, -0.2) is 13.2 Å². The van der Waals surface area contributed by atoms with Gasteiger partial charge in [0, 0.05) is 12.6 Å². The van der Waals surface area contributed by atoms with E-state index in [-0.39, 0.29) is 0 Å². The molecule has 0 saturated heterocycles. The van der Waals surface area contributed by atoms with E-state index in [9.17, 15) is 0 Å². The lowest BCUT2D eigenvalue weighted by molar-refractivity contribution is 0.414. The Labute approximate surface area is 132 Å². The van der Waals surface area contributed by atoms with Gasteiger partial charge in [-0.15, -0.1) is 0 Å². The van der Waals surface area contributed by atoms with Crippen LogP contribution < -0.4 is 10.1 Å². The Bertz CT molecular complexity index is 556. The first kappa shape index (κ1) is 15.9. The lowest BCUT2D eigenvalue weighted by atomic mass is 10.1. The van der Waals surface area contributed by atoms with Crippen molar-refractivity contribution in [2.24, 2.45) is 0 Å². The van der Waals surface area contributed by atoms with Crippen molar-refractivity contribution in [1.82, 2.24) is 5.32 Å². The van der Waals surface area contributed by atoms with Gasteiger partial charge in [-0.25, -0.2) is 0 Å². The molecule has 1 atom stereocenters. The highest BCUT2D eigenvalue weighted by molar-refractivity contribution is 6.32. The number of nitrogens with one attached hydrogen (secondary N) is 1. The Kier molecular flexibility index (Phi) is 6.09. The van der Waals surface area contributed by atoms with Crippen LogP contribution in [0.25, 0.3) is 0 Å². The predicted octanol–water partition coefficient (Wildman–Crippen LogP) is 4.46. The van der Waals surface area contributed by atoms with Gasteiger partial charge in [-0.05, 0) is 43.0 Å². The molecule has 3 heteroatoms. The first-order chi connectivity index (χ1) is 10.2. The molecular weight excluding hydrogens is 282 g/mol. The molecule has 21 heavy (non-hydrogen) atoms. The van der Waals surface area contributed by atoms with Crippen molar-refractivity contribution in [3.8, 4) is 5.75 Å². The summed E-state index contributed by atoms with van der Waals surface area (Å²) >= 11 is 6.13. The number of benzene rings is 2. The van der Waals surface area contributed by atoms with Gasteiger partial charge in [-0.3, -0.25) is 0 Å². The Balaban J connectivity index is 1.78. The summed E-state index contributed by atoms with van der Waals surface area (Å²) in [5.74, 6) is 0.720. The van der Waals surface area contributed by atoms with Crippen molar-refractivity contribution >= 4 is 11.6 Å². The molecule has 0 saturated carbocycles. The third kappa shape index (κ3) is 5.07. The van der Waals surface area contributed by atoms with Crippen LogP contribution in [0.1, 0.15) is 24.5 Å². The molecule has 112 valence electrons. The highest BCUT2D eigenvalue weighted by Crippen LogP contribution is 2.24. The second kappa shape index (κ2) is 8.06. The maximum atomic E-state index is 6.13. The van der Waals surface area contributed by atoms with E-state index < -0.39 is 0 Å². The monoisotopic (exact) mass is 303 g/mol. The molecule has 0 fully saturated rings. The summed E-state index contributed by atoms with van der Waals surface area (Å²) in [7, 11) is 1.63. The van der Waals surface area contributed by atoms with Gasteiger partial charge < -0.3 is 10.1 Å². The molecular formula is C18H22ClNO. The molecule has 0 aromatic heterocycles. The number of rotatable bonds is 7. The van der Waals surface area contributed by atoms with E-state index in [0.29, 0.717) is 11.1 Å². The molecule has 0 spiro atoms. The number of halogens is 1. The summed E-state index contributed by atoms with van der Waals surface area (Å²) in [5, 5.41) is 4.20. The van der Waals surface area contributed by atoms with Crippen LogP contribution in [0, 0.1) is 0 Å². The third-order valence-electron chi connectivity index (χ3n) is 3.58. The zero-order chi connectivity index (χ0) is 15.1. The van der Waals surface area contributed by atoms with Crippen molar-refractivity contribution in [2.45, 2.75) is 32.4 Å². The van der Waals surface area contributed by atoms with Gasteiger partial charge >= 0.3 is 0 Å². The molecule has 2 aromatic carbocycles. The summed E-state index contributed by atoms with van der Waals surface area (Å²) in [6.45, 7) is 3.04. The summed E-state index contributed by atoms with van der Waals surface area (Å²) in [6.07, 6.45) is 2.21. The molecule has 2 rings (SSSR count). The summed E-state index contributed by atoms with van der Waals surface area (Å²) in [4.78, 5) is 0. The van der Waals surface area contributed by atoms with Crippen molar-refractivity contribution in [3.63, 3.8) is 0 Å². The normalized spacial score (nSPS) is 12.1. The second-order valence-electron chi connectivity index (χ2n) is 5.28. The Morgan fingerprint density at radius 1 is 1.10 bits per heavy atom. The van der Waals surface area contributed by atoms with Gasteiger partial charge in [0.25, 0.3) is 0 Å². The molecule has 1 unspecified atom stereocenters. The van der Waals surface area contributed by atoms with E-state index >= 15 is 0 Å². The fourth-order valence-corrected chi connectivity index (χ4v) is 2.52. The quantitative estimate of drug-likeness (QED) is 0.815. The average Bonchev–Trinajstić information content (AvgIpc) is 2.52. The van der Waals surface area contributed by atoms with Gasteiger partial charge in [-0.1, -0.05) is 48.0 Å². The van der Waals surface area contributed by atoms with Crippen LogP contribution in [-0.2, 0) is 13.0 Å². The zero-order valence-corrected chi connectivity index (χ0v) is 13.4. The first-order valence-electron chi connectivity index (χ1n) is 7.29. The van der Waals surface area contributed by atoms with Gasteiger partial charge in [0.1, 0.15) is 5.75 Å². The lowest BCUT2D eigenvalue weighted by Crippen LogP contribution is -2.25. The molecule has 0 heterocycles. The maximum Gasteiger partial charge on any atom is 0.137 e. The molecule has 1 N–H and O–H groups in total. The van der Waals surface area contributed by atoms with Crippen LogP contribution in [0.3, 0.4) is 0 Å². The van der Waals surface area contributed by atoms with Crippen molar-refractivity contribution in [1.29, 1.82) is 0 Å². The summed E-state index contributed by atoms with van der Waals surface area (Å²) in [5.41, 5.74) is 2.56. The van der Waals surface area contributed by atoms with E-state index in [4.69, 9.17) is 16.3 Å². The van der Waals surface area contributed by atoms with E-state index in [1.54, 1.807) is 7.11 Å². The van der Waals surface area contributed by atoms with Crippen LogP contribution in [0.15, 0.2) is 48.5 Å². The topological polar surface area (TPSA) is 21.3 Å². The molecule has 2 aromatic rings. The largest absolute Gasteiger partial charge is 0.495 e. The van der Waals surface area contributed by atoms with E-state index in [0.717, 1.165) is 25.1 Å². The lowest BCUT2D eigenvalue weighted by Gasteiger charge is -2.14. The minimum Gasteiger partial charge on any atom is -0.495 e. The Hall–Kier alpha value is -1.51. The van der Waals surface area contributed by atoms with Crippen LogP contribution in [0.2, 0.25) is 5.02 Å². The highest BCUT2D eigenvalue weighted by atomic mass is 35.5. The standard InChI is InChI=1S/C18H22ClNO/c1-14(8-9-15-6-4-3-5-7-15)20-13-16-10-11-18(21-2)17(19)12-16/h3-7,10-12,14,20H,8-9,13H2,1-2H3. The van der Waals surface area contributed by atoms with Gasteiger partial charge in [0.05, 0.1) is 12.1 Å². The number of hydrogen-bond acceptors (Lipinski definition) is 2. The molecule has 0 aliphatic heterocycles. The number of aryl methyl sites for hydroxylation is 1.